The summed E-state index contributed by atoms with van der Waals surface area (Å²) >= 11 is 1.16. The number of thiophene rings is 1. The Morgan fingerprint density at radius 3 is 2.42 bits per heavy atom. The third kappa shape index (κ3) is 5.54. The molecule has 3 aromatic rings. The highest BCUT2D eigenvalue weighted by molar-refractivity contribution is 7.91. The predicted octanol–water partition coefficient (Wildman–Crippen LogP) is 4.26. The predicted molar refractivity (Wildman–Crippen MR) is 131 cm³/mol. The van der Waals surface area contributed by atoms with Gasteiger partial charge in [0.25, 0.3) is 10.0 Å². The molecule has 7 nitrogen and oxygen atoms in total. The summed E-state index contributed by atoms with van der Waals surface area (Å²) < 4.78 is 29.0. The number of hydrogen-bond donors (Lipinski definition) is 1. The first-order valence-electron chi connectivity index (χ1n) is 11.1. The van der Waals surface area contributed by atoms with E-state index in [0.29, 0.717) is 34.5 Å². The van der Waals surface area contributed by atoms with Crippen LogP contribution in [0, 0.1) is 0 Å². The van der Waals surface area contributed by atoms with Crippen molar-refractivity contribution in [2.45, 2.75) is 56.2 Å². The molecule has 0 radical (unpaired) electrons. The molecule has 1 aliphatic rings. The minimum Gasteiger partial charge on any atom is -0.311 e. The van der Waals surface area contributed by atoms with E-state index in [-0.39, 0.29) is 17.7 Å². The maximum atomic E-state index is 12.7. The maximum absolute atomic E-state index is 12.7. The molecule has 176 valence electrons. The van der Waals surface area contributed by atoms with Crippen molar-refractivity contribution in [2.24, 2.45) is 0 Å². The van der Waals surface area contributed by atoms with Crippen LogP contribution in [0.4, 0.5) is 5.82 Å². The van der Waals surface area contributed by atoms with Gasteiger partial charge in [0.15, 0.2) is 0 Å². The first-order chi connectivity index (χ1) is 15.6. The summed E-state index contributed by atoms with van der Waals surface area (Å²) in [6.07, 6.45) is 3.57. The van der Waals surface area contributed by atoms with Gasteiger partial charge in [0.05, 0.1) is 19.2 Å². The number of rotatable bonds is 7. The number of hydrogen-bond acceptors (Lipinski definition) is 5. The average Bonchev–Trinajstić information content (AvgIpc) is 3.51. The van der Waals surface area contributed by atoms with Gasteiger partial charge in [-0.2, -0.15) is 9.40 Å². The van der Waals surface area contributed by atoms with Crippen LogP contribution in [-0.2, 0) is 33.2 Å². The van der Waals surface area contributed by atoms with E-state index < -0.39 is 10.0 Å². The third-order valence-electron chi connectivity index (χ3n) is 5.77. The van der Waals surface area contributed by atoms with E-state index in [1.165, 1.54) is 9.87 Å². The van der Waals surface area contributed by atoms with Crippen molar-refractivity contribution in [1.82, 2.24) is 14.1 Å². The Kier molecular flexibility index (Phi) is 6.74. The molecule has 0 spiro atoms. The molecule has 0 bridgehead atoms. The van der Waals surface area contributed by atoms with Gasteiger partial charge in [0.1, 0.15) is 10.0 Å². The number of nitrogens with one attached hydrogen (secondary N) is 1. The van der Waals surface area contributed by atoms with Crippen molar-refractivity contribution < 1.29 is 13.2 Å². The van der Waals surface area contributed by atoms with Crippen LogP contribution in [0.5, 0.6) is 0 Å². The smallest absolute Gasteiger partial charge is 0.252 e. The molecule has 1 saturated heterocycles. The van der Waals surface area contributed by atoms with Gasteiger partial charge in [-0.1, -0.05) is 45.0 Å². The Morgan fingerprint density at radius 1 is 1.06 bits per heavy atom. The SMILES string of the molecule is CC(C)(C)c1ccc(Cn2nccc2NC(=O)Cc2ccc(S(=O)(=O)N3CCCC3)s2)cc1. The topological polar surface area (TPSA) is 84.3 Å². The number of amides is 1. The van der Waals surface area contributed by atoms with Crippen LogP contribution in [0.25, 0.3) is 0 Å². The Morgan fingerprint density at radius 2 is 1.76 bits per heavy atom. The molecular formula is C24H30N4O3S2. The third-order valence-corrected chi connectivity index (χ3v) is 9.22. The molecular weight excluding hydrogens is 456 g/mol. The van der Waals surface area contributed by atoms with E-state index in [9.17, 15) is 13.2 Å². The van der Waals surface area contributed by atoms with Gasteiger partial charge < -0.3 is 5.32 Å². The molecule has 0 unspecified atom stereocenters. The number of aromatic nitrogens is 2. The number of anilines is 1. The maximum Gasteiger partial charge on any atom is 0.252 e. The second kappa shape index (κ2) is 9.40. The average molecular weight is 487 g/mol. The molecule has 1 amide bonds. The van der Waals surface area contributed by atoms with Gasteiger partial charge in [-0.25, -0.2) is 13.1 Å². The van der Waals surface area contributed by atoms with Crippen LogP contribution in [0.1, 0.15) is 49.6 Å². The van der Waals surface area contributed by atoms with Crippen LogP contribution >= 0.6 is 11.3 Å². The van der Waals surface area contributed by atoms with E-state index in [4.69, 9.17) is 0 Å². The van der Waals surface area contributed by atoms with Gasteiger partial charge in [-0.05, 0) is 41.5 Å². The second-order valence-corrected chi connectivity index (χ2v) is 12.7. The summed E-state index contributed by atoms with van der Waals surface area (Å²) in [5.41, 5.74) is 2.46. The van der Waals surface area contributed by atoms with Crippen molar-refractivity contribution in [3.63, 3.8) is 0 Å². The first-order valence-corrected chi connectivity index (χ1v) is 13.4. The highest BCUT2D eigenvalue weighted by Crippen LogP contribution is 2.28. The standard InChI is InChI=1S/C24H30N4O3S2/c1-24(2,3)19-8-6-18(7-9-19)17-28-21(12-13-25-28)26-22(29)16-20-10-11-23(32-20)33(30,31)27-14-4-5-15-27/h6-13H,4-5,14-17H2,1-3H3,(H,26,29). The molecule has 0 aliphatic carbocycles. The zero-order valence-corrected chi connectivity index (χ0v) is 20.9. The Labute approximate surface area is 199 Å². The van der Waals surface area contributed by atoms with E-state index >= 15 is 0 Å². The summed E-state index contributed by atoms with van der Waals surface area (Å²) in [7, 11) is -3.45. The number of nitrogens with zero attached hydrogens (tertiary/aromatic N) is 3. The highest BCUT2D eigenvalue weighted by Gasteiger charge is 2.28. The minimum atomic E-state index is -3.45. The van der Waals surface area contributed by atoms with Crippen LogP contribution < -0.4 is 5.32 Å². The van der Waals surface area contributed by atoms with E-state index in [0.717, 1.165) is 29.7 Å². The Balaban J connectivity index is 1.38. The van der Waals surface area contributed by atoms with E-state index in [2.05, 4.69) is 55.5 Å². The zero-order chi connectivity index (χ0) is 23.6. The number of benzene rings is 1. The molecule has 1 fully saturated rings. The molecule has 33 heavy (non-hydrogen) atoms. The van der Waals surface area contributed by atoms with Crippen LogP contribution in [0.2, 0.25) is 0 Å². The summed E-state index contributed by atoms with van der Waals surface area (Å²) in [6.45, 7) is 8.23. The first kappa shape index (κ1) is 23.7. The molecule has 1 aromatic carbocycles. The lowest BCUT2D eigenvalue weighted by Gasteiger charge is -2.19. The van der Waals surface area contributed by atoms with Crippen molar-refractivity contribution in [2.75, 3.05) is 18.4 Å². The fraction of sp³-hybridized carbons (Fsp3) is 0.417. The second-order valence-electron chi connectivity index (χ2n) is 9.38. The minimum absolute atomic E-state index is 0.0961. The molecule has 0 saturated carbocycles. The van der Waals surface area contributed by atoms with Gasteiger partial charge in [0, 0.05) is 24.0 Å². The van der Waals surface area contributed by atoms with Gasteiger partial charge in [-0.15, -0.1) is 11.3 Å². The van der Waals surface area contributed by atoms with E-state index in [1.54, 1.807) is 29.1 Å². The van der Waals surface area contributed by atoms with Crippen LogP contribution in [0.3, 0.4) is 0 Å². The lowest BCUT2D eigenvalue weighted by molar-refractivity contribution is -0.115. The Hall–Kier alpha value is -2.49. The summed E-state index contributed by atoms with van der Waals surface area (Å²) in [6, 6.07) is 13.5. The molecule has 3 heterocycles. The normalized spacial score (nSPS) is 15.1. The molecule has 4 rings (SSSR count). The number of carbonyl (C=O) groups excluding carboxylic acids is 1. The van der Waals surface area contributed by atoms with Gasteiger partial charge in [-0.3, -0.25) is 4.79 Å². The highest BCUT2D eigenvalue weighted by atomic mass is 32.2. The van der Waals surface area contributed by atoms with Crippen molar-refractivity contribution >= 4 is 33.1 Å². The van der Waals surface area contributed by atoms with Crippen molar-refractivity contribution in [3.05, 3.63) is 64.7 Å². The summed E-state index contributed by atoms with van der Waals surface area (Å²) in [5.74, 6) is 0.410. The summed E-state index contributed by atoms with van der Waals surface area (Å²) in [4.78, 5) is 13.4. The van der Waals surface area contributed by atoms with Gasteiger partial charge >= 0.3 is 0 Å². The number of sulfonamides is 1. The van der Waals surface area contributed by atoms with Gasteiger partial charge in [0.2, 0.25) is 5.91 Å². The quantitative estimate of drug-likeness (QED) is 0.541. The molecule has 2 aromatic heterocycles. The zero-order valence-electron chi connectivity index (χ0n) is 19.2. The molecule has 9 heteroatoms. The monoisotopic (exact) mass is 486 g/mol. The van der Waals surface area contributed by atoms with Crippen LogP contribution in [-0.4, -0.2) is 41.5 Å². The fourth-order valence-corrected chi connectivity index (χ4v) is 6.87. The Bertz CT molecular complexity index is 1220. The molecule has 0 atom stereocenters. The molecule has 1 N–H and O–H groups in total. The molecule has 1 aliphatic heterocycles. The van der Waals surface area contributed by atoms with Crippen molar-refractivity contribution in [1.29, 1.82) is 0 Å². The largest absolute Gasteiger partial charge is 0.311 e. The fourth-order valence-electron chi connectivity index (χ4n) is 3.84. The van der Waals surface area contributed by atoms with E-state index in [1.807, 2.05) is 0 Å². The lowest BCUT2D eigenvalue weighted by atomic mass is 9.87. The number of carbonyl (C=O) groups is 1. The van der Waals surface area contributed by atoms with Crippen molar-refractivity contribution in [3.8, 4) is 0 Å². The van der Waals surface area contributed by atoms with Crippen LogP contribution in [0.15, 0.2) is 52.9 Å². The summed E-state index contributed by atoms with van der Waals surface area (Å²) in [5, 5.41) is 7.25. The lowest BCUT2D eigenvalue weighted by Crippen LogP contribution is -2.27.